The molecule has 19 heavy (non-hydrogen) atoms. The molecule has 1 heterocycles. The number of aliphatic hydroxyl groups is 1. The van der Waals surface area contributed by atoms with E-state index in [4.69, 9.17) is 4.74 Å². The van der Waals surface area contributed by atoms with E-state index in [1.807, 2.05) is 6.92 Å². The van der Waals surface area contributed by atoms with Gasteiger partial charge < -0.3 is 14.7 Å². The molecule has 2 rings (SSSR count). The summed E-state index contributed by atoms with van der Waals surface area (Å²) in [5.74, 6) is -0.660. The van der Waals surface area contributed by atoms with Crippen LogP contribution in [-0.4, -0.2) is 40.7 Å². The Kier molecular flexibility index (Phi) is 3.75. The van der Waals surface area contributed by atoms with Crippen LogP contribution in [0.2, 0.25) is 0 Å². The van der Waals surface area contributed by atoms with Crippen molar-refractivity contribution in [1.29, 1.82) is 0 Å². The van der Waals surface area contributed by atoms with Gasteiger partial charge in [0.1, 0.15) is 0 Å². The Morgan fingerprint density at radius 1 is 1.53 bits per heavy atom. The van der Waals surface area contributed by atoms with Gasteiger partial charge in [-0.2, -0.15) is 0 Å². The predicted molar refractivity (Wildman–Crippen MR) is 68.3 cm³/mol. The summed E-state index contributed by atoms with van der Waals surface area (Å²) in [6, 6.07) is 5.98. The lowest BCUT2D eigenvalue weighted by atomic mass is 9.91. The highest BCUT2D eigenvalue weighted by Crippen LogP contribution is 2.25. The molecule has 0 radical (unpaired) electrons. The van der Waals surface area contributed by atoms with Gasteiger partial charge in [0.2, 0.25) is 0 Å². The van der Waals surface area contributed by atoms with Crippen molar-refractivity contribution >= 4 is 5.91 Å². The summed E-state index contributed by atoms with van der Waals surface area (Å²) in [5, 5.41) is 9.86. The van der Waals surface area contributed by atoms with Crippen LogP contribution in [0, 0.1) is 5.82 Å². The average molecular weight is 267 g/mol. The Morgan fingerprint density at radius 2 is 2.16 bits per heavy atom. The Balaban J connectivity index is 1.93. The fraction of sp³-hybridized carbons (Fsp3) is 0.500. The summed E-state index contributed by atoms with van der Waals surface area (Å²) < 4.78 is 18.7. The third-order valence-corrected chi connectivity index (χ3v) is 3.43. The maximum absolute atomic E-state index is 13.4. The van der Waals surface area contributed by atoms with Crippen LogP contribution in [0.15, 0.2) is 24.3 Å². The van der Waals surface area contributed by atoms with Gasteiger partial charge in [0, 0.05) is 0 Å². The minimum Gasteiger partial charge on any atom is -0.478 e. The summed E-state index contributed by atoms with van der Waals surface area (Å²) >= 11 is 0. The molecule has 4 nitrogen and oxygen atoms in total. The fourth-order valence-corrected chi connectivity index (χ4v) is 2.08. The van der Waals surface area contributed by atoms with Crippen LogP contribution in [0.3, 0.4) is 0 Å². The molecule has 0 bridgehead atoms. The summed E-state index contributed by atoms with van der Waals surface area (Å²) in [6.07, 6.45) is -0.155. The predicted octanol–water partition coefficient (Wildman–Crippen LogP) is 1.58. The second-order valence-electron chi connectivity index (χ2n) is 4.96. The maximum Gasteiger partial charge on any atom is 0.263 e. The van der Waals surface area contributed by atoms with Crippen molar-refractivity contribution < 1.29 is 19.0 Å². The number of β-amino-alcohol motifs (C(OH)–C–C–N with tert-alkyl or cyclic N) is 1. The standard InChI is InChI=1S/C14H18FNO3/c1-3-14(18)8-16(9-14)13(17)10(2)19-12-7-5-4-6-11(12)15/h4-7,10,18H,3,8-9H2,1-2H3. The van der Waals surface area contributed by atoms with Crippen molar-refractivity contribution in [2.45, 2.75) is 32.0 Å². The lowest BCUT2D eigenvalue weighted by Gasteiger charge is -2.46. The molecule has 1 saturated heterocycles. The van der Waals surface area contributed by atoms with Gasteiger partial charge in [-0.25, -0.2) is 4.39 Å². The van der Waals surface area contributed by atoms with E-state index in [9.17, 15) is 14.3 Å². The van der Waals surface area contributed by atoms with Gasteiger partial charge in [0.25, 0.3) is 5.91 Å². The molecule has 1 amide bonds. The van der Waals surface area contributed by atoms with Crippen molar-refractivity contribution in [2.24, 2.45) is 0 Å². The van der Waals surface area contributed by atoms with E-state index in [2.05, 4.69) is 0 Å². The molecular weight excluding hydrogens is 249 g/mol. The Bertz CT molecular complexity index is 472. The first-order chi connectivity index (χ1) is 8.95. The van der Waals surface area contributed by atoms with E-state index in [0.29, 0.717) is 19.5 Å². The number of halogens is 1. The zero-order valence-electron chi connectivity index (χ0n) is 11.1. The molecule has 1 fully saturated rings. The molecule has 1 unspecified atom stereocenters. The van der Waals surface area contributed by atoms with Crippen molar-refractivity contribution in [3.63, 3.8) is 0 Å². The number of amides is 1. The number of hydrogen-bond acceptors (Lipinski definition) is 3. The first kappa shape index (κ1) is 13.8. The largest absolute Gasteiger partial charge is 0.478 e. The number of hydrogen-bond donors (Lipinski definition) is 1. The highest BCUT2D eigenvalue weighted by atomic mass is 19.1. The number of likely N-dealkylation sites (tertiary alicyclic amines) is 1. The third kappa shape index (κ3) is 2.87. The lowest BCUT2D eigenvalue weighted by Crippen LogP contribution is -2.65. The molecule has 1 aliphatic rings. The average Bonchev–Trinajstić information content (AvgIpc) is 2.36. The highest BCUT2D eigenvalue weighted by molar-refractivity contribution is 5.82. The van der Waals surface area contributed by atoms with Crippen molar-refractivity contribution in [3.05, 3.63) is 30.1 Å². The van der Waals surface area contributed by atoms with Crippen LogP contribution in [-0.2, 0) is 4.79 Å². The molecule has 0 aromatic heterocycles. The molecule has 0 saturated carbocycles. The number of ether oxygens (including phenoxy) is 1. The maximum atomic E-state index is 13.4. The monoisotopic (exact) mass is 267 g/mol. The SMILES string of the molecule is CCC1(O)CN(C(=O)C(C)Oc2ccccc2F)C1. The normalized spacial score (nSPS) is 18.6. The van der Waals surface area contributed by atoms with E-state index in [1.54, 1.807) is 19.1 Å². The number of carbonyl (C=O) groups is 1. The van der Waals surface area contributed by atoms with Crippen LogP contribution < -0.4 is 4.74 Å². The second-order valence-corrected chi connectivity index (χ2v) is 4.96. The zero-order chi connectivity index (χ0) is 14.0. The Hall–Kier alpha value is -1.62. The van der Waals surface area contributed by atoms with Gasteiger partial charge in [-0.15, -0.1) is 0 Å². The smallest absolute Gasteiger partial charge is 0.263 e. The summed E-state index contributed by atoms with van der Waals surface area (Å²) in [7, 11) is 0. The molecule has 1 aromatic carbocycles. The van der Waals surface area contributed by atoms with Gasteiger partial charge in [0.05, 0.1) is 18.7 Å². The van der Waals surface area contributed by atoms with Crippen LogP contribution in [0.5, 0.6) is 5.75 Å². The van der Waals surface area contributed by atoms with Gasteiger partial charge >= 0.3 is 0 Å². The number of rotatable bonds is 4. The molecule has 5 heteroatoms. The van der Waals surface area contributed by atoms with E-state index in [0.717, 1.165) is 0 Å². The quantitative estimate of drug-likeness (QED) is 0.901. The molecule has 1 aromatic rings. The second kappa shape index (κ2) is 5.17. The number of benzene rings is 1. The van der Waals surface area contributed by atoms with E-state index >= 15 is 0 Å². The number of para-hydroxylation sites is 1. The minimum atomic E-state index is -0.770. The van der Waals surface area contributed by atoms with Crippen LogP contribution in [0.4, 0.5) is 4.39 Å². The van der Waals surface area contributed by atoms with Gasteiger partial charge in [-0.1, -0.05) is 19.1 Å². The lowest BCUT2D eigenvalue weighted by molar-refractivity contribution is -0.162. The van der Waals surface area contributed by atoms with Crippen molar-refractivity contribution in [2.75, 3.05) is 13.1 Å². The van der Waals surface area contributed by atoms with E-state index in [1.165, 1.54) is 17.0 Å². The minimum absolute atomic E-state index is 0.0645. The van der Waals surface area contributed by atoms with E-state index < -0.39 is 17.5 Å². The Morgan fingerprint density at radius 3 is 2.74 bits per heavy atom. The Labute approximate surface area is 111 Å². The number of carbonyl (C=O) groups excluding carboxylic acids is 1. The van der Waals surface area contributed by atoms with Gasteiger partial charge in [-0.3, -0.25) is 4.79 Å². The van der Waals surface area contributed by atoms with Crippen LogP contribution >= 0.6 is 0 Å². The van der Waals surface area contributed by atoms with E-state index in [-0.39, 0.29) is 11.7 Å². The molecule has 0 aliphatic carbocycles. The first-order valence-corrected chi connectivity index (χ1v) is 6.37. The molecule has 104 valence electrons. The molecule has 1 atom stereocenters. The van der Waals surface area contributed by atoms with Crippen LogP contribution in [0.1, 0.15) is 20.3 Å². The third-order valence-electron chi connectivity index (χ3n) is 3.43. The summed E-state index contributed by atoms with van der Waals surface area (Å²) in [6.45, 7) is 4.08. The van der Waals surface area contributed by atoms with Gasteiger partial charge in [0.15, 0.2) is 17.7 Å². The fourth-order valence-electron chi connectivity index (χ4n) is 2.08. The van der Waals surface area contributed by atoms with Gasteiger partial charge in [-0.05, 0) is 25.5 Å². The van der Waals surface area contributed by atoms with Crippen molar-refractivity contribution in [3.8, 4) is 5.75 Å². The molecular formula is C14H18FNO3. The summed E-state index contributed by atoms with van der Waals surface area (Å²) in [4.78, 5) is 13.5. The van der Waals surface area contributed by atoms with Crippen LogP contribution in [0.25, 0.3) is 0 Å². The summed E-state index contributed by atoms with van der Waals surface area (Å²) in [5.41, 5.74) is -0.770. The topological polar surface area (TPSA) is 49.8 Å². The molecule has 0 spiro atoms. The van der Waals surface area contributed by atoms with Crippen molar-refractivity contribution in [1.82, 2.24) is 4.90 Å². The first-order valence-electron chi connectivity index (χ1n) is 6.37. The zero-order valence-corrected chi connectivity index (χ0v) is 11.1. The number of nitrogens with zero attached hydrogens (tertiary/aromatic N) is 1. The molecule has 1 aliphatic heterocycles. The molecule has 1 N–H and O–H groups in total. The highest BCUT2D eigenvalue weighted by Gasteiger charge is 2.43.